The van der Waals surface area contributed by atoms with Crippen molar-refractivity contribution in [2.24, 2.45) is 11.8 Å². The topological polar surface area (TPSA) is 23.6 Å². The molecule has 2 heterocycles. The van der Waals surface area contributed by atoms with E-state index < -0.39 is 0 Å². The van der Waals surface area contributed by atoms with Gasteiger partial charge in [0.1, 0.15) is 0 Å². The molecule has 0 spiro atoms. The van der Waals surface area contributed by atoms with Gasteiger partial charge in [0.2, 0.25) is 0 Å². The number of amides is 2. The van der Waals surface area contributed by atoms with Gasteiger partial charge in [-0.05, 0) is 43.9 Å². The van der Waals surface area contributed by atoms with Crippen molar-refractivity contribution in [2.75, 3.05) is 26.2 Å². The van der Waals surface area contributed by atoms with Gasteiger partial charge in [0, 0.05) is 26.2 Å². The minimum Gasteiger partial charge on any atom is -0.325 e. The summed E-state index contributed by atoms with van der Waals surface area (Å²) in [7, 11) is 0. The lowest BCUT2D eigenvalue weighted by atomic mass is 9.78. The first-order chi connectivity index (χ1) is 8.83. The van der Waals surface area contributed by atoms with Gasteiger partial charge in [-0.15, -0.1) is 0 Å². The molecule has 2 unspecified atom stereocenters. The lowest BCUT2D eigenvalue weighted by Gasteiger charge is -2.42. The van der Waals surface area contributed by atoms with E-state index in [9.17, 15) is 4.79 Å². The van der Waals surface area contributed by atoms with Crippen LogP contribution in [0.1, 0.15) is 51.4 Å². The Bertz CT molecular complexity index is 285. The van der Waals surface area contributed by atoms with Crippen LogP contribution in [0, 0.1) is 11.8 Å². The summed E-state index contributed by atoms with van der Waals surface area (Å²) < 4.78 is 0. The minimum atomic E-state index is 0.341. The van der Waals surface area contributed by atoms with Gasteiger partial charge in [-0.25, -0.2) is 4.79 Å². The van der Waals surface area contributed by atoms with Crippen LogP contribution in [0.4, 0.5) is 4.79 Å². The van der Waals surface area contributed by atoms with Crippen molar-refractivity contribution < 1.29 is 4.79 Å². The zero-order chi connectivity index (χ0) is 12.4. The number of carbonyl (C=O) groups is 1. The Labute approximate surface area is 111 Å². The van der Waals surface area contributed by atoms with Crippen LogP contribution in [0.15, 0.2) is 0 Å². The van der Waals surface area contributed by atoms with Gasteiger partial charge < -0.3 is 9.80 Å². The van der Waals surface area contributed by atoms with E-state index in [-0.39, 0.29) is 0 Å². The summed E-state index contributed by atoms with van der Waals surface area (Å²) in [5.74, 6) is 1.60. The van der Waals surface area contributed by atoms with Crippen LogP contribution in [-0.4, -0.2) is 42.0 Å². The highest BCUT2D eigenvalue weighted by Crippen LogP contribution is 2.34. The molecule has 3 fully saturated rings. The number of likely N-dealkylation sites (tertiary alicyclic amines) is 2. The van der Waals surface area contributed by atoms with E-state index in [1.54, 1.807) is 0 Å². The van der Waals surface area contributed by atoms with E-state index in [2.05, 4.69) is 9.80 Å². The van der Waals surface area contributed by atoms with E-state index in [0.717, 1.165) is 38.0 Å². The molecule has 2 atom stereocenters. The molecule has 0 aromatic heterocycles. The average Bonchev–Trinajstić information content (AvgIpc) is 2.66. The molecule has 3 nitrogen and oxygen atoms in total. The van der Waals surface area contributed by atoms with Crippen molar-refractivity contribution in [3.05, 3.63) is 0 Å². The van der Waals surface area contributed by atoms with Crippen LogP contribution in [0.3, 0.4) is 0 Å². The molecule has 0 radical (unpaired) electrons. The Morgan fingerprint density at radius 1 is 0.778 bits per heavy atom. The summed E-state index contributed by atoms with van der Waals surface area (Å²) in [6.45, 7) is 4.05. The van der Waals surface area contributed by atoms with Gasteiger partial charge in [-0.3, -0.25) is 0 Å². The number of rotatable bonds is 0. The highest BCUT2D eigenvalue weighted by molar-refractivity contribution is 5.74. The molecule has 2 bridgehead atoms. The number of nitrogens with zero attached hydrogens (tertiary/aromatic N) is 2. The van der Waals surface area contributed by atoms with Gasteiger partial charge in [-0.2, -0.15) is 0 Å². The fourth-order valence-electron chi connectivity index (χ4n) is 4.05. The molecule has 1 aliphatic carbocycles. The first-order valence-electron chi connectivity index (χ1n) is 7.87. The number of carbonyl (C=O) groups excluding carboxylic acids is 1. The molecule has 0 N–H and O–H groups in total. The van der Waals surface area contributed by atoms with Crippen molar-refractivity contribution in [1.82, 2.24) is 9.80 Å². The number of piperidine rings is 1. The fourth-order valence-corrected chi connectivity index (χ4v) is 4.05. The standard InChI is InChI=1S/C15H26N2O/c18-15(16-8-3-1-2-4-9-16)17-11-13-6-5-7-14(10-13)12-17/h13-14H,1-12H2. The average molecular weight is 250 g/mol. The summed E-state index contributed by atoms with van der Waals surface area (Å²) in [6, 6.07) is 0.341. The predicted octanol–water partition coefficient (Wildman–Crippen LogP) is 3.10. The molecular formula is C15H26N2O. The number of hydrogen-bond acceptors (Lipinski definition) is 1. The van der Waals surface area contributed by atoms with Gasteiger partial charge >= 0.3 is 6.03 Å². The second-order valence-corrected chi connectivity index (χ2v) is 6.49. The molecule has 102 valence electrons. The first kappa shape index (κ1) is 12.3. The van der Waals surface area contributed by atoms with Gasteiger partial charge in [0.25, 0.3) is 0 Å². The summed E-state index contributed by atoms with van der Waals surface area (Å²) in [6.07, 6.45) is 10.5. The molecule has 3 rings (SSSR count). The Morgan fingerprint density at radius 3 is 2.00 bits per heavy atom. The molecule has 2 aliphatic heterocycles. The molecule has 2 amide bonds. The van der Waals surface area contributed by atoms with Crippen molar-refractivity contribution in [3.8, 4) is 0 Å². The summed E-state index contributed by atoms with van der Waals surface area (Å²) in [5, 5.41) is 0. The maximum absolute atomic E-state index is 12.6. The third-order valence-corrected chi connectivity index (χ3v) is 5.00. The van der Waals surface area contributed by atoms with Crippen molar-refractivity contribution in [3.63, 3.8) is 0 Å². The number of fused-ring (bicyclic) bond motifs is 2. The normalized spacial score (nSPS) is 33.1. The van der Waals surface area contributed by atoms with Crippen molar-refractivity contribution in [1.29, 1.82) is 0 Å². The molecule has 1 saturated carbocycles. The Hall–Kier alpha value is -0.730. The van der Waals surface area contributed by atoms with Crippen molar-refractivity contribution >= 4 is 6.03 Å². The fraction of sp³-hybridized carbons (Fsp3) is 0.933. The lowest BCUT2D eigenvalue weighted by molar-refractivity contribution is 0.0832. The Kier molecular flexibility index (Phi) is 3.76. The highest BCUT2D eigenvalue weighted by Gasteiger charge is 2.34. The monoisotopic (exact) mass is 250 g/mol. The van der Waals surface area contributed by atoms with Gasteiger partial charge in [0.05, 0.1) is 0 Å². The van der Waals surface area contributed by atoms with Crippen LogP contribution in [0.5, 0.6) is 0 Å². The second kappa shape index (κ2) is 5.50. The molecule has 0 aromatic rings. The maximum Gasteiger partial charge on any atom is 0.320 e. The third-order valence-electron chi connectivity index (χ3n) is 5.00. The molecule has 3 aliphatic rings. The smallest absolute Gasteiger partial charge is 0.320 e. The summed E-state index contributed by atoms with van der Waals surface area (Å²) in [5.41, 5.74) is 0. The van der Waals surface area contributed by atoms with E-state index in [1.807, 2.05) is 0 Å². The van der Waals surface area contributed by atoms with E-state index >= 15 is 0 Å². The Balaban J connectivity index is 1.61. The molecular weight excluding hydrogens is 224 g/mol. The largest absolute Gasteiger partial charge is 0.325 e. The zero-order valence-electron chi connectivity index (χ0n) is 11.4. The van der Waals surface area contributed by atoms with Crippen LogP contribution in [0.2, 0.25) is 0 Å². The van der Waals surface area contributed by atoms with Crippen LogP contribution in [-0.2, 0) is 0 Å². The summed E-state index contributed by atoms with van der Waals surface area (Å²) in [4.78, 5) is 16.9. The molecule has 0 aromatic carbocycles. The van der Waals surface area contributed by atoms with Crippen LogP contribution in [0.25, 0.3) is 0 Å². The SMILES string of the molecule is O=C(N1CCCCCC1)N1CC2CCCC(C2)C1. The lowest BCUT2D eigenvalue weighted by Crippen LogP contribution is -2.51. The van der Waals surface area contributed by atoms with Crippen LogP contribution >= 0.6 is 0 Å². The van der Waals surface area contributed by atoms with Gasteiger partial charge in [0.15, 0.2) is 0 Å². The summed E-state index contributed by atoms with van der Waals surface area (Å²) >= 11 is 0. The minimum absolute atomic E-state index is 0.341. The van der Waals surface area contributed by atoms with E-state index in [0.29, 0.717) is 6.03 Å². The highest BCUT2D eigenvalue weighted by atomic mass is 16.2. The second-order valence-electron chi connectivity index (χ2n) is 6.49. The zero-order valence-corrected chi connectivity index (χ0v) is 11.4. The van der Waals surface area contributed by atoms with E-state index in [1.165, 1.54) is 51.4 Å². The Morgan fingerprint density at radius 2 is 1.39 bits per heavy atom. The molecule has 18 heavy (non-hydrogen) atoms. The maximum atomic E-state index is 12.6. The number of urea groups is 1. The molecule has 2 saturated heterocycles. The van der Waals surface area contributed by atoms with Gasteiger partial charge in [-0.1, -0.05) is 19.3 Å². The quantitative estimate of drug-likeness (QED) is 0.648. The third kappa shape index (κ3) is 2.65. The van der Waals surface area contributed by atoms with Crippen molar-refractivity contribution in [2.45, 2.75) is 51.4 Å². The van der Waals surface area contributed by atoms with E-state index in [4.69, 9.17) is 0 Å². The molecule has 3 heteroatoms. The first-order valence-corrected chi connectivity index (χ1v) is 7.87. The number of hydrogen-bond donors (Lipinski definition) is 0. The van der Waals surface area contributed by atoms with Crippen LogP contribution < -0.4 is 0 Å². The predicted molar refractivity (Wildman–Crippen MR) is 72.5 cm³/mol.